The number of hydrogen-bond acceptors (Lipinski definition) is 1. The number of benzene rings is 1. The topological polar surface area (TPSA) is 12.0 Å². The lowest BCUT2D eigenvalue weighted by molar-refractivity contribution is 0.232. The van der Waals surface area contributed by atoms with E-state index in [-0.39, 0.29) is 0 Å². The van der Waals surface area contributed by atoms with E-state index in [1.165, 1.54) is 49.8 Å². The first-order chi connectivity index (χ1) is 8.59. The molecule has 0 spiro atoms. The average molecular weight is 245 g/mol. The van der Waals surface area contributed by atoms with Gasteiger partial charge in [0.05, 0.1) is 0 Å². The van der Waals surface area contributed by atoms with Crippen LogP contribution in [-0.4, -0.2) is 6.04 Å². The van der Waals surface area contributed by atoms with Crippen molar-refractivity contribution in [2.45, 2.75) is 65.3 Å². The Bertz CT molecular complexity index is 354. The van der Waals surface area contributed by atoms with Gasteiger partial charge in [-0.1, -0.05) is 39.3 Å². The van der Waals surface area contributed by atoms with E-state index in [4.69, 9.17) is 0 Å². The first-order valence-corrected chi connectivity index (χ1v) is 7.44. The molecule has 0 aromatic heterocycles. The van der Waals surface area contributed by atoms with Crippen molar-refractivity contribution in [3.05, 3.63) is 29.8 Å². The Kier molecular flexibility index (Phi) is 4.31. The van der Waals surface area contributed by atoms with Crippen LogP contribution in [0.15, 0.2) is 24.3 Å². The summed E-state index contributed by atoms with van der Waals surface area (Å²) >= 11 is 0. The molecule has 1 nitrogen and oxygen atoms in total. The predicted molar refractivity (Wildman–Crippen MR) is 80.1 cm³/mol. The van der Waals surface area contributed by atoms with Gasteiger partial charge in [-0.3, -0.25) is 0 Å². The summed E-state index contributed by atoms with van der Waals surface area (Å²) in [5, 5.41) is 3.69. The molecule has 1 saturated carbocycles. The molecular weight excluding hydrogens is 218 g/mol. The third-order valence-electron chi connectivity index (χ3n) is 4.20. The molecular formula is C17H27N. The van der Waals surface area contributed by atoms with Gasteiger partial charge >= 0.3 is 0 Å². The highest BCUT2D eigenvalue weighted by Gasteiger charge is 2.26. The van der Waals surface area contributed by atoms with E-state index in [0.717, 1.165) is 0 Å². The van der Waals surface area contributed by atoms with Crippen LogP contribution >= 0.6 is 0 Å². The molecule has 0 saturated heterocycles. The Morgan fingerprint density at radius 1 is 1.11 bits per heavy atom. The Morgan fingerprint density at radius 2 is 1.72 bits per heavy atom. The van der Waals surface area contributed by atoms with Gasteiger partial charge in [0.15, 0.2) is 0 Å². The largest absolute Gasteiger partial charge is 0.382 e. The van der Waals surface area contributed by atoms with Crippen LogP contribution in [0.5, 0.6) is 0 Å². The molecule has 1 aromatic carbocycles. The molecule has 100 valence electrons. The van der Waals surface area contributed by atoms with Crippen LogP contribution in [0, 0.1) is 5.41 Å². The smallest absolute Gasteiger partial charge is 0.0342 e. The van der Waals surface area contributed by atoms with E-state index in [2.05, 4.69) is 50.4 Å². The van der Waals surface area contributed by atoms with E-state index in [1.807, 2.05) is 0 Å². The van der Waals surface area contributed by atoms with Gasteiger partial charge in [-0.05, 0) is 55.2 Å². The molecule has 0 heterocycles. The molecule has 2 rings (SSSR count). The van der Waals surface area contributed by atoms with Gasteiger partial charge in [0.25, 0.3) is 0 Å². The summed E-state index contributed by atoms with van der Waals surface area (Å²) in [6.07, 6.45) is 7.73. The SMILES string of the molecule is CCCc1ccc(NC2CCC(C)(C)CC2)cc1. The van der Waals surface area contributed by atoms with Gasteiger partial charge in [-0.15, -0.1) is 0 Å². The van der Waals surface area contributed by atoms with Gasteiger partial charge < -0.3 is 5.32 Å². The van der Waals surface area contributed by atoms with E-state index in [9.17, 15) is 0 Å². The van der Waals surface area contributed by atoms with Gasteiger partial charge in [0, 0.05) is 11.7 Å². The molecule has 1 N–H and O–H groups in total. The number of nitrogens with one attached hydrogen (secondary N) is 1. The second kappa shape index (κ2) is 5.77. The summed E-state index contributed by atoms with van der Waals surface area (Å²) in [4.78, 5) is 0. The number of aryl methyl sites for hydroxylation is 1. The minimum atomic E-state index is 0.559. The van der Waals surface area contributed by atoms with Crippen LogP contribution in [-0.2, 0) is 6.42 Å². The second-order valence-corrected chi connectivity index (χ2v) is 6.53. The molecule has 0 atom stereocenters. The molecule has 1 aromatic rings. The van der Waals surface area contributed by atoms with Crippen molar-refractivity contribution in [1.82, 2.24) is 0 Å². The Hall–Kier alpha value is -0.980. The third kappa shape index (κ3) is 3.76. The van der Waals surface area contributed by atoms with E-state index >= 15 is 0 Å². The lowest BCUT2D eigenvalue weighted by Gasteiger charge is -2.35. The van der Waals surface area contributed by atoms with Crippen molar-refractivity contribution in [2.75, 3.05) is 5.32 Å². The lowest BCUT2D eigenvalue weighted by Crippen LogP contribution is -2.29. The molecule has 0 bridgehead atoms. The number of rotatable bonds is 4. The molecule has 0 unspecified atom stereocenters. The fourth-order valence-electron chi connectivity index (χ4n) is 2.84. The highest BCUT2D eigenvalue weighted by Crippen LogP contribution is 2.36. The molecule has 1 aliphatic carbocycles. The zero-order chi connectivity index (χ0) is 13.0. The first kappa shape index (κ1) is 13.5. The standard InChI is InChI=1S/C17H27N/c1-4-5-14-6-8-15(9-7-14)18-16-10-12-17(2,3)13-11-16/h6-9,16,18H,4-5,10-13H2,1-3H3. The maximum atomic E-state index is 3.69. The molecule has 0 amide bonds. The van der Waals surface area contributed by atoms with Crippen molar-refractivity contribution in [1.29, 1.82) is 0 Å². The fourth-order valence-corrected chi connectivity index (χ4v) is 2.84. The summed E-state index contributed by atoms with van der Waals surface area (Å²) < 4.78 is 0. The third-order valence-corrected chi connectivity index (χ3v) is 4.20. The van der Waals surface area contributed by atoms with Crippen LogP contribution in [0.3, 0.4) is 0 Å². The van der Waals surface area contributed by atoms with Gasteiger partial charge in [0.2, 0.25) is 0 Å². The van der Waals surface area contributed by atoms with Crippen LogP contribution in [0.25, 0.3) is 0 Å². The van der Waals surface area contributed by atoms with Crippen LogP contribution in [0.1, 0.15) is 58.4 Å². The van der Waals surface area contributed by atoms with Crippen molar-refractivity contribution in [2.24, 2.45) is 5.41 Å². The first-order valence-electron chi connectivity index (χ1n) is 7.44. The van der Waals surface area contributed by atoms with Crippen molar-refractivity contribution >= 4 is 5.69 Å². The lowest BCUT2D eigenvalue weighted by atomic mass is 9.75. The quantitative estimate of drug-likeness (QED) is 0.785. The van der Waals surface area contributed by atoms with Crippen molar-refractivity contribution in [3.63, 3.8) is 0 Å². The minimum Gasteiger partial charge on any atom is -0.382 e. The zero-order valence-corrected chi connectivity index (χ0v) is 12.1. The highest BCUT2D eigenvalue weighted by molar-refractivity contribution is 5.45. The van der Waals surface area contributed by atoms with E-state index < -0.39 is 0 Å². The molecule has 18 heavy (non-hydrogen) atoms. The Balaban J connectivity index is 1.86. The van der Waals surface area contributed by atoms with E-state index in [1.54, 1.807) is 0 Å². The van der Waals surface area contributed by atoms with Crippen LogP contribution < -0.4 is 5.32 Å². The van der Waals surface area contributed by atoms with Crippen molar-refractivity contribution < 1.29 is 0 Å². The maximum absolute atomic E-state index is 3.69. The number of anilines is 1. The number of hydrogen-bond donors (Lipinski definition) is 1. The van der Waals surface area contributed by atoms with Crippen molar-refractivity contribution in [3.8, 4) is 0 Å². The summed E-state index contributed by atoms with van der Waals surface area (Å²) in [6, 6.07) is 9.68. The molecule has 0 radical (unpaired) electrons. The molecule has 1 heteroatoms. The summed E-state index contributed by atoms with van der Waals surface area (Å²) in [7, 11) is 0. The second-order valence-electron chi connectivity index (χ2n) is 6.53. The molecule has 0 aliphatic heterocycles. The maximum Gasteiger partial charge on any atom is 0.0342 e. The summed E-state index contributed by atoms with van der Waals surface area (Å²) in [5.41, 5.74) is 3.30. The van der Waals surface area contributed by atoms with Gasteiger partial charge in [-0.25, -0.2) is 0 Å². The predicted octanol–water partition coefficient (Wildman–Crippen LogP) is 5.02. The monoisotopic (exact) mass is 245 g/mol. The minimum absolute atomic E-state index is 0.559. The average Bonchev–Trinajstić information content (AvgIpc) is 2.35. The normalized spacial score (nSPS) is 19.7. The molecule has 1 fully saturated rings. The Morgan fingerprint density at radius 3 is 2.28 bits per heavy atom. The fraction of sp³-hybridized carbons (Fsp3) is 0.647. The summed E-state index contributed by atoms with van der Waals surface area (Å²) in [5.74, 6) is 0. The summed E-state index contributed by atoms with van der Waals surface area (Å²) in [6.45, 7) is 7.02. The Labute approximate surface area is 112 Å². The van der Waals surface area contributed by atoms with Crippen LogP contribution in [0.2, 0.25) is 0 Å². The van der Waals surface area contributed by atoms with Crippen LogP contribution in [0.4, 0.5) is 5.69 Å². The molecule has 1 aliphatic rings. The van der Waals surface area contributed by atoms with Gasteiger partial charge in [0.1, 0.15) is 0 Å². The van der Waals surface area contributed by atoms with E-state index in [0.29, 0.717) is 11.5 Å². The highest BCUT2D eigenvalue weighted by atomic mass is 14.9. The van der Waals surface area contributed by atoms with Gasteiger partial charge in [-0.2, -0.15) is 0 Å². The zero-order valence-electron chi connectivity index (χ0n) is 12.1.